The van der Waals surface area contributed by atoms with Crippen molar-refractivity contribution in [2.45, 2.75) is 6.92 Å². The standard InChI is InChI=1S/C19H13N3O3S/c1-11-4-5-12(18-22-14-3-2-8-20-19(14)26-18)9-15(11)21-17(24)13-6-7-16(23)25-10-13/h2-10H,1H3,(H,21,24). The number of rotatable bonds is 3. The zero-order chi connectivity index (χ0) is 18.1. The average molecular weight is 363 g/mol. The fourth-order valence-corrected chi connectivity index (χ4v) is 3.37. The lowest BCUT2D eigenvalue weighted by Gasteiger charge is -2.09. The van der Waals surface area contributed by atoms with Gasteiger partial charge in [-0.25, -0.2) is 14.8 Å². The number of nitrogens with one attached hydrogen (secondary N) is 1. The number of fused-ring (bicyclic) bond motifs is 1. The van der Waals surface area contributed by atoms with Crippen LogP contribution in [0.4, 0.5) is 5.69 Å². The third kappa shape index (κ3) is 3.12. The third-order valence-electron chi connectivity index (χ3n) is 3.86. The van der Waals surface area contributed by atoms with E-state index in [0.717, 1.165) is 32.7 Å². The van der Waals surface area contributed by atoms with Crippen LogP contribution in [-0.2, 0) is 0 Å². The highest BCUT2D eigenvalue weighted by molar-refractivity contribution is 7.21. The minimum absolute atomic E-state index is 0.276. The van der Waals surface area contributed by atoms with Gasteiger partial charge in [0.25, 0.3) is 5.91 Å². The van der Waals surface area contributed by atoms with E-state index in [1.165, 1.54) is 23.5 Å². The zero-order valence-electron chi connectivity index (χ0n) is 13.7. The van der Waals surface area contributed by atoms with Crippen molar-refractivity contribution in [2.75, 3.05) is 5.32 Å². The first kappa shape index (κ1) is 16.2. The summed E-state index contributed by atoms with van der Waals surface area (Å²) >= 11 is 1.50. The first-order valence-corrected chi connectivity index (χ1v) is 8.64. The van der Waals surface area contributed by atoms with Crippen LogP contribution >= 0.6 is 11.3 Å². The maximum Gasteiger partial charge on any atom is 0.335 e. The molecule has 0 aliphatic carbocycles. The molecule has 128 valence electrons. The molecule has 0 spiro atoms. The number of hydrogen-bond donors (Lipinski definition) is 1. The predicted octanol–water partition coefficient (Wildman–Crippen LogP) is 3.87. The minimum atomic E-state index is -0.496. The highest BCUT2D eigenvalue weighted by Crippen LogP contribution is 2.31. The van der Waals surface area contributed by atoms with Crippen molar-refractivity contribution in [3.8, 4) is 10.6 Å². The molecule has 4 rings (SSSR count). The molecule has 1 N–H and O–H groups in total. The summed E-state index contributed by atoms with van der Waals surface area (Å²) in [6.07, 6.45) is 2.89. The largest absolute Gasteiger partial charge is 0.430 e. The lowest BCUT2D eigenvalue weighted by atomic mass is 10.1. The van der Waals surface area contributed by atoms with E-state index in [2.05, 4.69) is 15.3 Å². The number of aryl methyl sites for hydroxylation is 1. The van der Waals surface area contributed by atoms with Crippen LogP contribution < -0.4 is 10.9 Å². The van der Waals surface area contributed by atoms with Crippen molar-refractivity contribution in [3.05, 3.63) is 76.5 Å². The molecule has 0 radical (unpaired) electrons. The maximum absolute atomic E-state index is 12.4. The van der Waals surface area contributed by atoms with Crippen LogP contribution in [-0.4, -0.2) is 15.9 Å². The van der Waals surface area contributed by atoms with Crippen molar-refractivity contribution in [1.29, 1.82) is 0 Å². The van der Waals surface area contributed by atoms with Crippen molar-refractivity contribution in [1.82, 2.24) is 9.97 Å². The molecule has 0 unspecified atom stereocenters. The van der Waals surface area contributed by atoms with Crippen LogP contribution in [0.5, 0.6) is 0 Å². The molecule has 4 aromatic rings. The fraction of sp³-hybridized carbons (Fsp3) is 0.0526. The quantitative estimate of drug-likeness (QED) is 0.597. The van der Waals surface area contributed by atoms with Crippen LogP contribution in [0, 0.1) is 6.92 Å². The van der Waals surface area contributed by atoms with Gasteiger partial charge in [0.2, 0.25) is 0 Å². The van der Waals surface area contributed by atoms with E-state index >= 15 is 0 Å². The van der Waals surface area contributed by atoms with Gasteiger partial charge >= 0.3 is 5.63 Å². The van der Waals surface area contributed by atoms with Crippen molar-refractivity contribution < 1.29 is 9.21 Å². The molecule has 3 heterocycles. The molecule has 0 saturated carbocycles. The van der Waals surface area contributed by atoms with Gasteiger partial charge in [-0.2, -0.15) is 0 Å². The number of nitrogens with zero attached hydrogens (tertiary/aromatic N) is 2. The lowest BCUT2D eigenvalue weighted by Crippen LogP contribution is -2.13. The Morgan fingerprint density at radius 1 is 1.19 bits per heavy atom. The van der Waals surface area contributed by atoms with Crippen LogP contribution in [0.2, 0.25) is 0 Å². The number of amides is 1. The first-order chi connectivity index (χ1) is 12.6. The number of aromatic nitrogens is 2. The number of pyridine rings is 1. The topological polar surface area (TPSA) is 85.1 Å². The molecule has 7 heteroatoms. The van der Waals surface area contributed by atoms with Gasteiger partial charge < -0.3 is 9.73 Å². The van der Waals surface area contributed by atoms with E-state index in [9.17, 15) is 9.59 Å². The molecular formula is C19H13N3O3S. The number of carbonyl (C=O) groups is 1. The van der Waals surface area contributed by atoms with Gasteiger partial charge in [0.1, 0.15) is 21.6 Å². The Labute approximate surface area is 152 Å². The van der Waals surface area contributed by atoms with Gasteiger partial charge in [-0.3, -0.25) is 4.79 Å². The second-order valence-corrected chi connectivity index (χ2v) is 6.65. The molecule has 6 nitrogen and oxygen atoms in total. The summed E-state index contributed by atoms with van der Waals surface area (Å²) in [6.45, 7) is 1.91. The highest BCUT2D eigenvalue weighted by Gasteiger charge is 2.12. The Morgan fingerprint density at radius 3 is 2.85 bits per heavy atom. The summed E-state index contributed by atoms with van der Waals surface area (Å²) in [5.74, 6) is -0.347. The number of benzene rings is 1. The summed E-state index contributed by atoms with van der Waals surface area (Å²) in [6, 6.07) is 12.2. The van der Waals surface area contributed by atoms with E-state index in [1.54, 1.807) is 6.20 Å². The lowest BCUT2D eigenvalue weighted by molar-refractivity contribution is 0.102. The third-order valence-corrected chi connectivity index (χ3v) is 4.89. The monoisotopic (exact) mass is 363 g/mol. The molecule has 3 aromatic heterocycles. The number of thiazole rings is 1. The van der Waals surface area contributed by atoms with Crippen LogP contribution in [0.15, 0.2) is 64.1 Å². The van der Waals surface area contributed by atoms with Gasteiger partial charge in [0.05, 0.1) is 5.56 Å². The molecule has 0 fully saturated rings. The summed E-state index contributed by atoms with van der Waals surface area (Å²) in [4.78, 5) is 33.2. The molecule has 0 aliphatic heterocycles. The van der Waals surface area contributed by atoms with Crippen LogP contribution in [0.25, 0.3) is 20.9 Å². The molecule has 0 bridgehead atoms. The fourth-order valence-electron chi connectivity index (χ4n) is 2.46. The molecule has 1 amide bonds. The Balaban J connectivity index is 1.66. The normalized spacial score (nSPS) is 10.8. The summed E-state index contributed by atoms with van der Waals surface area (Å²) in [5, 5.41) is 3.68. The average Bonchev–Trinajstić information content (AvgIpc) is 3.08. The molecule has 1 aromatic carbocycles. The Morgan fingerprint density at radius 2 is 2.08 bits per heavy atom. The van der Waals surface area contributed by atoms with E-state index in [4.69, 9.17) is 4.42 Å². The van der Waals surface area contributed by atoms with Gasteiger partial charge in [-0.1, -0.05) is 23.5 Å². The summed E-state index contributed by atoms with van der Waals surface area (Å²) < 4.78 is 4.74. The summed E-state index contributed by atoms with van der Waals surface area (Å²) in [7, 11) is 0. The van der Waals surface area contributed by atoms with E-state index in [1.807, 2.05) is 37.3 Å². The second kappa shape index (κ2) is 6.53. The van der Waals surface area contributed by atoms with Gasteiger partial charge in [0.15, 0.2) is 0 Å². The summed E-state index contributed by atoms with van der Waals surface area (Å²) in [5.41, 5.74) is 3.11. The maximum atomic E-state index is 12.4. The molecule has 0 saturated heterocycles. The number of carbonyl (C=O) groups excluding carboxylic acids is 1. The smallest absolute Gasteiger partial charge is 0.335 e. The van der Waals surface area contributed by atoms with Gasteiger partial charge in [0, 0.05) is 23.5 Å². The van der Waals surface area contributed by atoms with E-state index in [-0.39, 0.29) is 11.5 Å². The minimum Gasteiger partial charge on any atom is -0.430 e. The van der Waals surface area contributed by atoms with Crippen molar-refractivity contribution >= 4 is 33.3 Å². The Hall–Kier alpha value is -3.32. The SMILES string of the molecule is Cc1ccc(-c2nc3cccnc3s2)cc1NC(=O)c1ccc(=O)oc1. The molecule has 0 atom stereocenters. The highest BCUT2D eigenvalue weighted by atomic mass is 32.1. The van der Waals surface area contributed by atoms with Crippen LogP contribution in [0.3, 0.4) is 0 Å². The van der Waals surface area contributed by atoms with E-state index < -0.39 is 5.63 Å². The second-order valence-electron chi connectivity index (χ2n) is 5.67. The van der Waals surface area contributed by atoms with Gasteiger partial charge in [-0.15, -0.1) is 0 Å². The molecule has 26 heavy (non-hydrogen) atoms. The zero-order valence-corrected chi connectivity index (χ0v) is 14.5. The molecular weight excluding hydrogens is 350 g/mol. The predicted molar refractivity (Wildman–Crippen MR) is 101 cm³/mol. The Bertz CT molecular complexity index is 1130. The Kier molecular flexibility index (Phi) is 4.06. The van der Waals surface area contributed by atoms with Gasteiger partial charge in [-0.05, 0) is 36.8 Å². The van der Waals surface area contributed by atoms with E-state index in [0.29, 0.717) is 5.69 Å². The van der Waals surface area contributed by atoms with Crippen molar-refractivity contribution in [2.24, 2.45) is 0 Å². The molecule has 0 aliphatic rings. The van der Waals surface area contributed by atoms with Crippen LogP contribution in [0.1, 0.15) is 15.9 Å². The number of anilines is 1. The number of hydrogen-bond acceptors (Lipinski definition) is 6. The van der Waals surface area contributed by atoms with Crippen molar-refractivity contribution in [3.63, 3.8) is 0 Å². The first-order valence-electron chi connectivity index (χ1n) is 7.83.